The van der Waals surface area contributed by atoms with Gasteiger partial charge in [-0.25, -0.2) is 0 Å². The van der Waals surface area contributed by atoms with Crippen molar-refractivity contribution >= 4 is 11.6 Å². The van der Waals surface area contributed by atoms with Gasteiger partial charge in [0.15, 0.2) is 0 Å². The summed E-state index contributed by atoms with van der Waals surface area (Å²) in [6.45, 7) is 5.51. The fraction of sp³-hybridized carbons (Fsp3) is 0.714. The Morgan fingerprint density at radius 2 is 2.00 bits per heavy atom. The van der Waals surface area contributed by atoms with E-state index in [0.717, 1.165) is 10.6 Å². The quantitative estimate of drug-likeness (QED) is 0.637. The van der Waals surface area contributed by atoms with Crippen LogP contribution < -0.4 is 0 Å². The van der Waals surface area contributed by atoms with E-state index in [1.165, 1.54) is 0 Å². The Labute approximate surface area is 61.3 Å². The summed E-state index contributed by atoms with van der Waals surface area (Å²) in [6, 6.07) is 0. The number of aliphatic hydroxyl groups excluding tert-OH is 1. The molecule has 0 amide bonds. The highest BCUT2D eigenvalue weighted by molar-refractivity contribution is 6.29. The highest BCUT2D eigenvalue weighted by Crippen LogP contribution is 2.12. The molecule has 0 aliphatic rings. The van der Waals surface area contributed by atoms with Crippen LogP contribution in [-0.4, -0.2) is 11.2 Å². The second-order valence-corrected chi connectivity index (χ2v) is 2.93. The molecule has 54 valence electrons. The second-order valence-electron chi connectivity index (χ2n) is 2.37. The van der Waals surface area contributed by atoms with Crippen LogP contribution in [0.4, 0.5) is 0 Å². The Bertz CT molecular complexity index is 112. The molecule has 0 spiro atoms. The number of hydrogen-bond acceptors (Lipinski definition) is 1. The Morgan fingerprint density at radius 3 is 2.11 bits per heavy atom. The third-order valence-electron chi connectivity index (χ3n) is 1.19. The molecule has 0 radical (unpaired) electrons. The van der Waals surface area contributed by atoms with E-state index in [9.17, 15) is 0 Å². The van der Waals surface area contributed by atoms with E-state index >= 15 is 0 Å². The number of halogens is 1. The average Bonchev–Trinajstić information content (AvgIpc) is 1.63. The first-order valence-corrected chi connectivity index (χ1v) is 3.41. The molecule has 0 aromatic carbocycles. The van der Waals surface area contributed by atoms with Crippen LogP contribution >= 0.6 is 11.6 Å². The molecule has 0 rings (SSSR count). The molecule has 0 aromatic heterocycles. The first-order valence-electron chi connectivity index (χ1n) is 3.04. The molecule has 2 heteroatoms. The van der Waals surface area contributed by atoms with Gasteiger partial charge >= 0.3 is 0 Å². The van der Waals surface area contributed by atoms with Crippen molar-refractivity contribution in [3.63, 3.8) is 0 Å². The number of allylic oxidation sites excluding steroid dienone is 1. The lowest BCUT2D eigenvalue weighted by Crippen LogP contribution is -1.99. The summed E-state index contributed by atoms with van der Waals surface area (Å²) >= 11 is 5.64. The normalized spacial score (nSPS) is 17.0. The van der Waals surface area contributed by atoms with Crippen molar-refractivity contribution in [1.29, 1.82) is 0 Å². The van der Waals surface area contributed by atoms with Crippen LogP contribution in [0.2, 0.25) is 0 Å². The van der Waals surface area contributed by atoms with E-state index in [-0.39, 0.29) is 6.10 Å². The van der Waals surface area contributed by atoms with Crippen molar-refractivity contribution in [1.82, 2.24) is 0 Å². The molecule has 0 aliphatic heterocycles. The summed E-state index contributed by atoms with van der Waals surface area (Å²) in [5.41, 5.74) is 1.06. The van der Waals surface area contributed by atoms with E-state index in [1.807, 2.05) is 13.8 Å². The molecule has 1 nitrogen and oxygen atoms in total. The minimum Gasteiger partial charge on any atom is -0.393 e. The van der Waals surface area contributed by atoms with Crippen molar-refractivity contribution in [2.45, 2.75) is 33.3 Å². The standard InChI is InChI=1S/C7H13ClO/c1-5(7(3)8)4-6(2)9/h6,9H,4H2,1-3H3. The predicted octanol–water partition coefficient (Wildman–Crippen LogP) is 2.29. The Morgan fingerprint density at radius 1 is 1.56 bits per heavy atom. The summed E-state index contributed by atoms with van der Waals surface area (Å²) in [6.07, 6.45) is 0.397. The zero-order valence-corrected chi connectivity index (χ0v) is 6.87. The van der Waals surface area contributed by atoms with Gasteiger partial charge in [0.25, 0.3) is 0 Å². The maximum absolute atomic E-state index is 8.88. The van der Waals surface area contributed by atoms with Gasteiger partial charge in [0.05, 0.1) is 6.10 Å². The van der Waals surface area contributed by atoms with Crippen molar-refractivity contribution in [2.24, 2.45) is 0 Å². The van der Waals surface area contributed by atoms with Crippen LogP contribution in [0.5, 0.6) is 0 Å². The minimum atomic E-state index is -0.279. The lowest BCUT2D eigenvalue weighted by Gasteiger charge is -2.03. The monoisotopic (exact) mass is 148 g/mol. The number of aliphatic hydroxyl groups is 1. The molecule has 0 aliphatic carbocycles. The summed E-state index contributed by atoms with van der Waals surface area (Å²) in [5.74, 6) is 0. The lowest BCUT2D eigenvalue weighted by atomic mass is 10.1. The zero-order valence-electron chi connectivity index (χ0n) is 6.11. The van der Waals surface area contributed by atoms with Gasteiger partial charge in [0.2, 0.25) is 0 Å². The van der Waals surface area contributed by atoms with Gasteiger partial charge in [-0.3, -0.25) is 0 Å². The molecule has 0 bridgehead atoms. The minimum absolute atomic E-state index is 0.279. The van der Waals surface area contributed by atoms with E-state index in [4.69, 9.17) is 16.7 Å². The predicted molar refractivity (Wildman–Crippen MR) is 40.5 cm³/mol. The number of rotatable bonds is 2. The van der Waals surface area contributed by atoms with Crippen LogP contribution in [0.3, 0.4) is 0 Å². The summed E-state index contributed by atoms with van der Waals surface area (Å²) < 4.78 is 0. The van der Waals surface area contributed by atoms with Crippen LogP contribution in [0.25, 0.3) is 0 Å². The van der Waals surface area contributed by atoms with Crippen molar-refractivity contribution in [3.05, 3.63) is 10.6 Å². The SMILES string of the molecule is CC(Cl)=C(C)CC(C)O. The van der Waals surface area contributed by atoms with E-state index in [0.29, 0.717) is 6.42 Å². The van der Waals surface area contributed by atoms with Crippen LogP contribution in [0, 0.1) is 0 Å². The fourth-order valence-corrected chi connectivity index (χ4v) is 0.661. The molecular weight excluding hydrogens is 136 g/mol. The molecule has 0 saturated heterocycles. The zero-order chi connectivity index (χ0) is 7.44. The van der Waals surface area contributed by atoms with E-state index in [1.54, 1.807) is 6.92 Å². The van der Waals surface area contributed by atoms with Crippen LogP contribution in [-0.2, 0) is 0 Å². The van der Waals surface area contributed by atoms with Crippen LogP contribution in [0.15, 0.2) is 10.6 Å². The van der Waals surface area contributed by atoms with Gasteiger partial charge in [-0.2, -0.15) is 0 Å². The highest BCUT2D eigenvalue weighted by Gasteiger charge is 1.98. The topological polar surface area (TPSA) is 20.2 Å². The molecule has 9 heavy (non-hydrogen) atoms. The molecule has 1 unspecified atom stereocenters. The van der Waals surface area contributed by atoms with Crippen molar-refractivity contribution in [3.8, 4) is 0 Å². The third-order valence-corrected chi connectivity index (χ3v) is 1.51. The molecular formula is C7H13ClO. The summed E-state index contributed by atoms with van der Waals surface area (Å²) in [4.78, 5) is 0. The van der Waals surface area contributed by atoms with Gasteiger partial charge in [0, 0.05) is 5.03 Å². The maximum atomic E-state index is 8.88. The Balaban J connectivity index is 3.77. The highest BCUT2D eigenvalue weighted by atomic mass is 35.5. The molecule has 0 aromatic rings. The van der Waals surface area contributed by atoms with Gasteiger partial charge in [-0.05, 0) is 27.2 Å². The fourth-order valence-electron chi connectivity index (χ4n) is 0.584. The molecule has 0 heterocycles. The largest absolute Gasteiger partial charge is 0.393 e. The molecule has 1 atom stereocenters. The van der Waals surface area contributed by atoms with Gasteiger partial charge in [-0.15, -0.1) is 0 Å². The van der Waals surface area contributed by atoms with Gasteiger partial charge in [-0.1, -0.05) is 17.2 Å². The van der Waals surface area contributed by atoms with E-state index in [2.05, 4.69) is 0 Å². The van der Waals surface area contributed by atoms with Crippen molar-refractivity contribution < 1.29 is 5.11 Å². The van der Waals surface area contributed by atoms with Crippen molar-refractivity contribution in [2.75, 3.05) is 0 Å². The summed E-state index contributed by atoms with van der Waals surface area (Å²) in [5, 5.41) is 9.67. The Hall–Kier alpha value is -0.0100. The van der Waals surface area contributed by atoms with E-state index < -0.39 is 0 Å². The maximum Gasteiger partial charge on any atom is 0.0549 e. The lowest BCUT2D eigenvalue weighted by molar-refractivity contribution is 0.195. The average molecular weight is 149 g/mol. The first-order chi connectivity index (χ1) is 4.04. The smallest absolute Gasteiger partial charge is 0.0549 e. The van der Waals surface area contributed by atoms with Gasteiger partial charge in [0.1, 0.15) is 0 Å². The molecule has 0 fully saturated rings. The van der Waals surface area contributed by atoms with Crippen LogP contribution in [0.1, 0.15) is 27.2 Å². The molecule has 0 saturated carbocycles. The second kappa shape index (κ2) is 3.91. The molecule has 1 N–H and O–H groups in total. The van der Waals surface area contributed by atoms with Gasteiger partial charge < -0.3 is 5.11 Å². The number of hydrogen-bond donors (Lipinski definition) is 1. The first kappa shape index (κ1) is 8.99. The Kier molecular flexibility index (Phi) is 3.91. The summed E-state index contributed by atoms with van der Waals surface area (Å²) in [7, 11) is 0. The third kappa shape index (κ3) is 4.49.